The van der Waals surface area contributed by atoms with E-state index in [0.717, 1.165) is 49.6 Å². The van der Waals surface area contributed by atoms with Gasteiger partial charge >= 0.3 is 0 Å². The van der Waals surface area contributed by atoms with Crippen molar-refractivity contribution in [2.75, 3.05) is 27.4 Å². The van der Waals surface area contributed by atoms with Crippen LogP contribution in [0, 0.1) is 0 Å². The SMILES string of the molecule is C=CCOc1ccc(Cc2cc3c(s2)CCN2Cc4c(OC)ccc(OC)c4CC32)cc1. The van der Waals surface area contributed by atoms with Crippen molar-refractivity contribution in [1.29, 1.82) is 0 Å². The Hall–Kier alpha value is -2.76. The summed E-state index contributed by atoms with van der Waals surface area (Å²) in [7, 11) is 3.52. The Bertz CT molecular complexity index is 1120. The summed E-state index contributed by atoms with van der Waals surface area (Å²) in [6.07, 6.45) is 4.81. The van der Waals surface area contributed by atoms with Gasteiger partial charge in [-0.15, -0.1) is 11.3 Å². The molecule has 32 heavy (non-hydrogen) atoms. The second-order valence-electron chi connectivity index (χ2n) is 8.38. The van der Waals surface area contributed by atoms with Gasteiger partial charge in [0.05, 0.1) is 14.2 Å². The topological polar surface area (TPSA) is 30.9 Å². The summed E-state index contributed by atoms with van der Waals surface area (Å²) < 4.78 is 17.0. The van der Waals surface area contributed by atoms with E-state index in [4.69, 9.17) is 14.2 Å². The highest BCUT2D eigenvalue weighted by Crippen LogP contribution is 2.45. The van der Waals surface area contributed by atoms with E-state index in [9.17, 15) is 0 Å². The van der Waals surface area contributed by atoms with Crippen molar-refractivity contribution in [1.82, 2.24) is 4.90 Å². The van der Waals surface area contributed by atoms with Crippen molar-refractivity contribution in [3.63, 3.8) is 0 Å². The number of thiophene rings is 1. The number of benzene rings is 2. The quantitative estimate of drug-likeness (QED) is 0.443. The second kappa shape index (κ2) is 9.00. The molecule has 2 aromatic carbocycles. The van der Waals surface area contributed by atoms with Crippen molar-refractivity contribution >= 4 is 11.3 Å². The maximum absolute atomic E-state index is 5.71. The Labute approximate surface area is 194 Å². The lowest BCUT2D eigenvalue weighted by Gasteiger charge is -2.41. The van der Waals surface area contributed by atoms with Crippen LogP contribution >= 0.6 is 11.3 Å². The third-order valence-electron chi connectivity index (χ3n) is 6.53. The molecule has 1 aromatic heterocycles. The van der Waals surface area contributed by atoms with Crippen molar-refractivity contribution < 1.29 is 14.2 Å². The van der Waals surface area contributed by atoms with Crippen molar-refractivity contribution in [2.45, 2.75) is 31.8 Å². The summed E-state index contributed by atoms with van der Waals surface area (Å²) in [4.78, 5) is 5.58. The fraction of sp³-hybridized carbons (Fsp3) is 0.333. The molecule has 2 aliphatic rings. The molecule has 1 unspecified atom stereocenters. The first-order valence-corrected chi connectivity index (χ1v) is 11.9. The number of rotatable bonds is 7. The molecule has 3 aromatic rings. The van der Waals surface area contributed by atoms with Gasteiger partial charge in [-0.1, -0.05) is 24.8 Å². The standard InChI is InChI=1S/C27H29NO3S/c1-4-13-31-19-7-5-18(6-8-19)14-20-15-22-24-16-21-23(17-28(24)12-11-27(22)32-20)26(30-3)10-9-25(21)29-2/h4-10,15,24H,1,11-14,16-17H2,2-3H3. The van der Waals surface area contributed by atoms with E-state index >= 15 is 0 Å². The normalized spacial score (nSPS) is 17.1. The van der Waals surface area contributed by atoms with E-state index in [2.05, 4.69) is 29.7 Å². The Morgan fingerprint density at radius 1 is 1.06 bits per heavy atom. The highest BCUT2D eigenvalue weighted by Gasteiger charge is 2.35. The van der Waals surface area contributed by atoms with Crippen LogP contribution in [0.5, 0.6) is 17.2 Å². The molecule has 166 valence electrons. The Balaban J connectivity index is 1.39. The average molecular weight is 448 g/mol. The summed E-state index contributed by atoms with van der Waals surface area (Å²) in [6, 6.07) is 15.3. The lowest BCUT2D eigenvalue weighted by atomic mass is 9.86. The van der Waals surface area contributed by atoms with Gasteiger partial charge in [-0.3, -0.25) is 4.90 Å². The molecule has 0 amide bonds. The molecule has 1 atom stereocenters. The molecule has 0 saturated carbocycles. The summed E-state index contributed by atoms with van der Waals surface area (Å²) in [5.41, 5.74) is 5.38. The number of methoxy groups -OCH3 is 2. The zero-order valence-corrected chi connectivity index (χ0v) is 19.5. The molecule has 5 rings (SSSR count). The molecule has 0 saturated heterocycles. The molecule has 4 nitrogen and oxygen atoms in total. The highest BCUT2D eigenvalue weighted by molar-refractivity contribution is 7.12. The van der Waals surface area contributed by atoms with Crippen LogP contribution in [0.3, 0.4) is 0 Å². The number of fused-ring (bicyclic) bond motifs is 4. The molecule has 0 aliphatic carbocycles. The van der Waals surface area contributed by atoms with Crippen LogP contribution in [0.15, 0.2) is 55.1 Å². The maximum Gasteiger partial charge on any atom is 0.123 e. The third-order valence-corrected chi connectivity index (χ3v) is 7.74. The van der Waals surface area contributed by atoms with Crippen LogP contribution < -0.4 is 14.2 Å². The smallest absolute Gasteiger partial charge is 0.123 e. The first-order valence-electron chi connectivity index (χ1n) is 11.1. The van der Waals surface area contributed by atoms with Gasteiger partial charge in [-0.2, -0.15) is 0 Å². The minimum Gasteiger partial charge on any atom is -0.496 e. The van der Waals surface area contributed by atoms with Gasteiger partial charge in [0.2, 0.25) is 0 Å². The van der Waals surface area contributed by atoms with Crippen LogP contribution in [-0.4, -0.2) is 32.3 Å². The fourth-order valence-electron chi connectivity index (χ4n) is 4.98. The maximum atomic E-state index is 5.71. The van der Waals surface area contributed by atoms with Crippen LogP contribution in [0.2, 0.25) is 0 Å². The zero-order valence-electron chi connectivity index (χ0n) is 18.7. The van der Waals surface area contributed by atoms with Gasteiger partial charge in [0.15, 0.2) is 0 Å². The third kappa shape index (κ3) is 3.91. The lowest BCUT2D eigenvalue weighted by Crippen LogP contribution is -2.39. The van der Waals surface area contributed by atoms with Gasteiger partial charge in [-0.25, -0.2) is 0 Å². The first kappa shape index (κ1) is 21.1. The van der Waals surface area contributed by atoms with E-state index in [0.29, 0.717) is 12.6 Å². The summed E-state index contributed by atoms with van der Waals surface area (Å²) in [5.74, 6) is 2.83. The molecule has 5 heteroatoms. The van der Waals surface area contributed by atoms with E-state index in [1.807, 2.05) is 35.6 Å². The molecule has 0 spiro atoms. The van der Waals surface area contributed by atoms with E-state index < -0.39 is 0 Å². The molecule has 3 heterocycles. The fourth-order valence-corrected chi connectivity index (χ4v) is 6.22. The Kier molecular flexibility index (Phi) is 5.94. The van der Waals surface area contributed by atoms with Gasteiger partial charge in [0.25, 0.3) is 0 Å². The zero-order chi connectivity index (χ0) is 22.1. The number of hydrogen-bond donors (Lipinski definition) is 0. The van der Waals surface area contributed by atoms with Gasteiger partial charge in [-0.05, 0) is 54.3 Å². The predicted octanol–water partition coefficient (Wildman–Crippen LogP) is 5.58. The van der Waals surface area contributed by atoms with Crippen LogP contribution in [0.4, 0.5) is 0 Å². The van der Waals surface area contributed by atoms with Crippen molar-refractivity contribution in [3.8, 4) is 17.2 Å². The highest BCUT2D eigenvalue weighted by atomic mass is 32.1. The summed E-state index contributed by atoms with van der Waals surface area (Å²) >= 11 is 1.98. The molecule has 0 N–H and O–H groups in total. The molecule has 0 bridgehead atoms. The van der Waals surface area contributed by atoms with Crippen LogP contribution in [-0.2, 0) is 25.8 Å². The minimum absolute atomic E-state index is 0.409. The van der Waals surface area contributed by atoms with Crippen molar-refractivity contribution in [3.05, 3.63) is 87.1 Å². The van der Waals surface area contributed by atoms with E-state index in [-0.39, 0.29) is 0 Å². The monoisotopic (exact) mass is 447 g/mol. The van der Waals surface area contributed by atoms with Gasteiger partial charge in [0, 0.05) is 46.4 Å². The number of nitrogens with zero attached hydrogens (tertiary/aromatic N) is 1. The Morgan fingerprint density at radius 2 is 1.81 bits per heavy atom. The molecular formula is C27H29NO3S. The average Bonchev–Trinajstić information content (AvgIpc) is 3.24. The van der Waals surface area contributed by atoms with E-state index in [1.54, 1.807) is 20.3 Å². The van der Waals surface area contributed by atoms with Gasteiger partial charge in [0.1, 0.15) is 23.9 Å². The first-order chi connectivity index (χ1) is 15.7. The van der Waals surface area contributed by atoms with Crippen LogP contribution in [0.25, 0.3) is 0 Å². The molecule has 0 radical (unpaired) electrons. The van der Waals surface area contributed by atoms with Gasteiger partial charge < -0.3 is 14.2 Å². The second-order valence-corrected chi connectivity index (χ2v) is 9.60. The van der Waals surface area contributed by atoms with E-state index in [1.165, 1.54) is 32.0 Å². The van der Waals surface area contributed by atoms with Crippen LogP contribution in [0.1, 0.15) is 38.0 Å². The number of ether oxygens (including phenoxy) is 3. The molecular weight excluding hydrogens is 418 g/mol. The number of hydrogen-bond acceptors (Lipinski definition) is 5. The lowest BCUT2D eigenvalue weighted by molar-refractivity contribution is 0.158. The largest absolute Gasteiger partial charge is 0.496 e. The predicted molar refractivity (Wildman–Crippen MR) is 129 cm³/mol. The molecule has 2 aliphatic heterocycles. The Morgan fingerprint density at radius 3 is 2.53 bits per heavy atom. The molecule has 0 fully saturated rings. The van der Waals surface area contributed by atoms with Crippen molar-refractivity contribution in [2.24, 2.45) is 0 Å². The summed E-state index contributed by atoms with van der Waals surface area (Å²) in [5, 5.41) is 0. The minimum atomic E-state index is 0.409. The summed E-state index contributed by atoms with van der Waals surface area (Å²) in [6.45, 7) is 6.24.